The summed E-state index contributed by atoms with van der Waals surface area (Å²) in [7, 11) is 18.1. The van der Waals surface area contributed by atoms with Crippen LogP contribution in [-0.4, -0.2) is 5.92 Å². The fourth-order valence-corrected chi connectivity index (χ4v) is 43.1. The summed E-state index contributed by atoms with van der Waals surface area (Å²) >= 11 is -4.81. The molecule has 0 amide bonds. The van der Waals surface area contributed by atoms with Crippen molar-refractivity contribution in [3.05, 3.63) is 80.9 Å². The average Bonchev–Trinajstić information content (AvgIpc) is 3.74. The number of hydrogen-bond acceptors (Lipinski definition) is 0. The first-order valence-electron chi connectivity index (χ1n) is 20.6. The van der Waals surface area contributed by atoms with E-state index >= 15 is 0 Å². The van der Waals surface area contributed by atoms with Crippen molar-refractivity contribution in [3.63, 3.8) is 0 Å². The fourth-order valence-electron chi connectivity index (χ4n) is 12.1. The van der Waals surface area contributed by atoms with Crippen molar-refractivity contribution in [3.8, 4) is 0 Å². The summed E-state index contributed by atoms with van der Waals surface area (Å²) in [5, 5.41) is 0. The zero-order chi connectivity index (χ0) is 32.9. The molecule has 0 aromatic heterocycles. The predicted molar refractivity (Wildman–Crippen MR) is 210 cm³/mol. The third-order valence-corrected chi connectivity index (χ3v) is 66.4. The molecular formula is C44H61Cl2SiZr. The molecule has 4 fully saturated rings. The van der Waals surface area contributed by atoms with E-state index in [4.69, 9.17) is 17.0 Å². The Labute approximate surface area is 301 Å². The number of hydrogen-bond donors (Lipinski definition) is 0. The maximum atomic E-state index is 9.06. The fraction of sp³-hybridized carbons (Fsp3) is 0.636. The van der Waals surface area contributed by atoms with E-state index in [-0.39, 0.29) is 7.25 Å². The van der Waals surface area contributed by atoms with Crippen LogP contribution in [0.4, 0.5) is 0 Å². The van der Waals surface area contributed by atoms with Gasteiger partial charge in [-0.15, -0.1) is 0 Å². The Morgan fingerprint density at radius 3 is 1.10 bits per heavy atom. The van der Waals surface area contributed by atoms with Gasteiger partial charge in [0.25, 0.3) is 0 Å². The van der Waals surface area contributed by atoms with Crippen LogP contribution in [0, 0.1) is 11.8 Å². The molecule has 2 unspecified atom stereocenters. The van der Waals surface area contributed by atoms with Gasteiger partial charge in [-0.3, -0.25) is 0 Å². The molecule has 4 saturated carbocycles. The van der Waals surface area contributed by atoms with Crippen molar-refractivity contribution >= 4 is 35.1 Å². The predicted octanol–water partition coefficient (Wildman–Crippen LogP) is 14.5. The van der Waals surface area contributed by atoms with E-state index < -0.39 is 21.5 Å². The topological polar surface area (TPSA) is 0 Å². The minimum atomic E-state index is -4.81. The Hall–Kier alpha value is -0.400. The molecule has 0 N–H and O–H groups in total. The van der Waals surface area contributed by atoms with Gasteiger partial charge >= 0.3 is 304 Å². The Balaban J connectivity index is 1.33. The molecule has 6 aliphatic rings. The van der Waals surface area contributed by atoms with Crippen molar-refractivity contribution in [2.75, 3.05) is 0 Å². The summed E-state index contributed by atoms with van der Waals surface area (Å²) < 4.78 is 0.536. The first kappa shape index (κ1) is 34.7. The molecule has 0 spiro atoms. The van der Waals surface area contributed by atoms with Crippen LogP contribution in [0.2, 0.25) is 13.1 Å². The summed E-state index contributed by atoms with van der Waals surface area (Å²) in [6, 6.07) is 14.9. The SMILES string of the molecule is C[SiH](C)[Zr]([Cl])([Cl])([CH]1C(C2CCCCC2)=Cc2c(C3CCCCC3)cccc21)[CH]1C(C2CCCCC2)=Cc2c(C3CCCCC3)cccc21. The van der Waals surface area contributed by atoms with Gasteiger partial charge in [-0.1, -0.05) is 0 Å². The third kappa shape index (κ3) is 5.94. The first-order valence-corrected chi connectivity index (χ1v) is 36.9. The molecule has 259 valence electrons. The number of halogens is 2. The van der Waals surface area contributed by atoms with E-state index in [0.29, 0.717) is 23.7 Å². The van der Waals surface area contributed by atoms with Crippen LogP contribution in [0.3, 0.4) is 0 Å². The van der Waals surface area contributed by atoms with Gasteiger partial charge in [0.2, 0.25) is 0 Å². The monoisotopic (exact) mass is 777 g/mol. The molecule has 48 heavy (non-hydrogen) atoms. The molecule has 0 radical (unpaired) electrons. The summed E-state index contributed by atoms with van der Waals surface area (Å²) in [5.41, 5.74) is 12.9. The molecule has 2 atom stereocenters. The molecule has 0 bridgehead atoms. The van der Waals surface area contributed by atoms with Crippen molar-refractivity contribution in [2.45, 2.75) is 161 Å². The van der Waals surface area contributed by atoms with Gasteiger partial charge < -0.3 is 0 Å². The number of fused-ring (bicyclic) bond motifs is 2. The molecular weight excluding hydrogens is 719 g/mol. The van der Waals surface area contributed by atoms with E-state index in [9.17, 15) is 0 Å². The standard InChI is InChI=1S/2C21H27.C2H7Si.2ClH.Zr/c2*1-3-8-16(9-4-1)19-14-18-12-7-13-20(21(18)15-19)17-10-5-2-6-11-17;1-3-2;;;/h2*7,12-17H,1-6,8-11H2;3H,1-2H3;2*1H;/q;;;;;+2/p-2. The molecule has 2 aromatic rings. The van der Waals surface area contributed by atoms with Gasteiger partial charge in [0.15, 0.2) is 0 Å². The van der Waals surface area contributed by atoms with Crippen molar-refractivity contribution in [1.82, 2.24) is 0 Å². The van der Waals surface area contributed by atoms with Crippen molar-refractivity contribution in [1.29, 1.82) is 0 Å². The average molecular weight is 780 g/mol. The van der Waals surface area contributed by atoms with Crippen LogP contribution in [0.5, 0.6) is 0 Å². The van der Waals surface area contributed by atoms with Crippen LogP contribution in [0.25, 0.3) is 12.2 Å². The Morgan fingerprint density at radius 1 is 0.458 bits per heavy atom. The molecule has 0 aliphatic heterocycles. The molecule has 6 aliphatic carbocycles. The summed E-state index contributed by atoms with van der Waals surface area (Å²) in [4.78, 5) is 0. The zero-order valence-electron chi connectivity index (χ0n) is 30.1. The number of allylic oxidation sites excluding steroid dienone is 2. The molecule has 4 heteroatoms. The van der Waals surface area contributed by atoms with Crippen LogP contribution in [-0.2, 0) is 15.6 Å². The first-order chi connectivity index (χ1) is 23.4. The van der Waals surface area contributed by atoms with Crippen LogP contribution >= 0.6 is 17.0 Å². The minimum absolute atomic E-state index is 0.268. The van der Waals surface area contributed by atoms with Crippen LogP contribution in [0.1, 0.15) is 181 Å². The summed E-state index contributed by atoms with van der Waals surface area (Å²) in [6.45, 7) is 5.18. The maximum absolute atomic E-state index is 9.06. The van der Waals surface area contributed by atoms with E-state index in [0.717, 1.165) is 0 Å². The normalized spacial score (nSPS) is 27.3. The van der Waals surface area contributed by atoms with Crippen LogP contribution in [0.15, 0.2) is 47.5 Å². The zero-order valence-corrected chi connectivity index (χ0v) is 35.2. The van der Waals surface area contributed by atoms with Gasteiger partial charge in [-0.2, -0.15) is 0 Å². The van der Waals surface area contributed by atoms with Gasteiger partial charge in [0.1, 0.15) is 0 Å². The molecule has 0 saturated heterocycles. The van der Waals surface area contributed by atoms with Gasteiger partial charge in [0, 0.05) is 0 Å². The third-order valence-electron chi connectivity index (χ3n) is 14.7. The van der Waals surface area contributed by atoms with E-state index in [1.807, 2.05) is 0 Å². The Morgan fingerprint density at radius 2 is 0.771 bits per heavy atom. The van der Waals surface area contributed by atoms with Gasteiger partial charge in [-0.05, 0) is 0 Å². The molecule has 0 nitrogen and oxygen atoms in total. The van der Waals surface area contributed by atoms with Crippen molar-refractivity contribution < 1.29 is 15.6 Å². The Bertz CT molecular complexity index is 1440. The summed E-state index contributed by atoms with van der Waals surface area (Å²) in [6.07, 6.45) is 32.7. The number of benzene rings is 2. The van der Waals surface area contributed by atoms with Gasteiger partial charge in [-0.25, -0.2) is 0 Å². The second-order valence-corrected chi connectivity index (χ2v) is 60.1. The molecule has 0 heterocycles. The van der Waals surface area contributed by atoms with Crippen LogP contribution < -0.4 is 0 Å². The second-order valence-electron chi connectivity index (χ2n) is 17.6. The second kappa shape index (κ2) is 14.2. The molecule has 2 aromatic carbocycles. The van der Waals surface area contributed by atoms with E-state index in [1.54, 1.807) is 44.5 Å². The van der Waals surface area contributed by atoms with E-state index in [1.165, 1.54) is 128 Å². The molecule has 8 rings (SSSR count). The Kier molecular flexibility index (Phi) is 10.3. The number of rotatable bonds is 7. The quantitative estimate of drug-likeness (QED) is 0.246. The van der Waals surface area contributed by atoms with Gasteiger partial charge in [0.05, 0.1) is 0 Å². The summed E-state index contributed by atoms with van der Waals surface area (Å²) in [5.74, 6) is 1.11. The van der Waals surface area contributed by atoms with Crippen molar-refractivity contribution in [2.24, 2.45) is 11.8 Å². The van der Waals surface area contributed by atoms with E-state index in [2.05, 4.69) is 61.6 Å².